The third kappa shape index (κ3) is 3.04. The van der Waals surface area contributed by atoms with E-state index in [1.54, 1.807) is 0 Å². The van der Waals surface area contributed by atoms with Crippen molar-refractivity contribution in [2.75, 3.05) is 0 Å². The van der Waals surface area contributed by atoms with Gasteiger partial charge in [-0.25, -0.2) is 0 Å². The fraction of sp³-hybridized carbons (Fsp3) is 0. The maximum absolute atomic E-state index is 3.17. The Balaban J connectivity index is 1.62. The minimum Gasteiger partial charge on any atom is -0.0696 e. The third-order valence-corrected chi connectivity index (χ3v) is 5.10. The molecule has 0 radical (unpaired) electrons. The standard InChI is InChI=1S/C28H18/c1-2-8-21(9-3-1)10-4-5-11-22-14-15-24-17-19-25-18-16-23-12-6-7-13-26(23)28(25)27(24)20-22/h1-3,5-9,11-20H. The summed E-state index contributed by atoms with van der Waals surface area (Å²) in [6.07, 6.45) is 4.01. The molecule has 0 nitrogen and oxygen atoms in total. The topological polar surface area (TPSA) is 0 Å². The molecular formula is C28H18. The van der Waals surface area contributed by atoms with Crippen molar-refractivity contribution in [2.45, 2.75) is 0 Å². The van der Waals surface area contributed by atoms with E-state index in [9.17, 15) is 0 Å². The molecular weight excluding hydrogens is 336 g/mol. The molecule has 0 heterocycles. The van der Waals surface area contributed by atoms with Gasteiger partial charge in [-0.15, -0.1) is 0 Å². The van der Waals surface area contributed by atoms with E-state index < -0.39 is 0 Å². The highest BCUT2D eigenvalue weighted by atomic mass is 14.1. The molecule has 0 heteroatoms. The van der Waals surface area contributed by atoms with E-state index in [0.717, 1.165) is 11.1 Å². The monoisotopic (exact) mass is 354 g/mol. The summed E-state index contributed by atoms with van der Waals surface area (Å²) in [7, 11) is 0. The maximum Gasteiger partial charge on any atom is 0.0248 e. The SMILES string of the molecule is C(#Cc1ccccc1)C=Cc1ccc2ccc3ccc4ccccc4c3c2c1. The molecule has 130 valence electrons. The lowest BCUT2D eigenvalue weighted by Crippen LogP contribution is -1.82. The molecule has 0 atom stereocenters. The van der Waals surface area contributed by atoms with Crippen LogP contribution in [0.5, 0.6) is 0 Å². The Morgan fingerprint density at radius 2 is 1.25 bits per heavy atom. The van der Waals surface area contributed by atoms with Gasteiger partial charge in [0.2, 0.25) is 0 Å². The summed E-state index contributed by atoms with van der Waals surface area (Å²) in [5, 5.41) is 7.72. The summed E-state index contributed by atoms with van der Waals surface area (Å²) in [5.41, 5.74) is 2.19. The first kappa shape index (κ1) is 16.4. The van der Waals surface area contributed by atoms with Crippen LogP contribution in [0.3, 0.4) is 0 Å². The Morgan fingerprint density at radius 3 is 2.11 bits per heavy atom. The highest BCUT2D eigenvalue weighted by Gasteiger charge is 2.05. The molecule has 0 fully saturated rings. The zero-order valence-electron chi connectivity index (χ0n) is 15.4. The van der Waals surface area contributed by atoms with E-state index in [1.165, 1.54) is 32.3 Å². The molecule has 0 unspecified atom stereocenters. The first-order valence-electron chi connectivity index (χ1n) is 9.46. The number of benzene rings is 5. The van der Waals surface area contributed by atoms with Gasteiger partial charge < -0.3 is 0 Å². The van der Waals surface area contributed by atoms with Crippen molar-refractivity contribution in [3.05, 3.63) is 114 Å². The lowest BCUT2D eigenvalue weighted by Gasteiger charge is -2.09. The molecule has 0 amide bonds. The summed E-state index contributed by atoms with van der Waals surface area (Å²) < 4.78 is 0. The first-order valence-corrected chi connectivity index (χ1v) is 9.46. The molecule has 5 aromatic rings. The fourth-order valence-electron chi connectivity index (χ4n) is 3.73. The average molecular weight is 354 g/mol. The Hall–Kier alpha value is -3.82. The minimum absolute atomic E-state index is 1.03. The van der Waals surface area contributed by atoms with Gasteiger partial charge in [0.15, 0.2) is 0 Å². The van der Waals surface area contributed by atoms with Gasteiger partial charge in [0.25, 0.3) is 0 Å². The fourth-order valence-corrected chi connectivity index (χ4v) is 3.73. The molecule has 0 bridgehead atoms. The number of allylic oxidation sites excluding steroid dienone is 1. The zero-order valence-corrected chi connectivity index (χ0v) is 15.4. The summed E-state index contributed by atoms with van der Waals surface area (Å²) in [5.74, 6) is 6.30. The van der Waals surface area contributed by atoms with Crippen LogP contribution in [0.4, 0.5) is 0 Å². The smallest absolute Gasteiger partial charge is 0.0248 e. The van der Waals surface area contributed by atoms with Gasteiger partial charge in [-0.05, 0) is 68.2 Å². The van der Waals surface area contributed by atoms with Crippen LogP contribution in [-0.2, 0) is 0 Å². The number of hydrogen-bond donors (Lipinski definition) is 0. The molecule has 0 aliphatic carbocycles. The van der Waals surface area contributed by atoms with Crippen molar-refractivity contribution in [3.63, 3.8) is 0 Å². The molecule has 5 aromatic carbocycles. The van der Waals surface area contributed by atoms with Crippen molar-refractivity contribution in [3.8, 4) is 11.8 Å². The number of rotatable bonds is 1. The second-order valence-corrected chi connectivity index (χ2v) is 6.90. The van der Waals surface area contributed by atoms with E-state index in [2.05, 4.69) is 84.6 Å². The minimum atomic E-state index is 1.03. The Kier molecular flexibility index (Phi) is 4.13. The number of fused-ring (bicyclic) bond motifs is 5. The Morgan fingerprint density at radius 1 is 0.571 bits per heavy atom. The van der Waals surface area contributed by atoms with Gasteiger partial charge >= 0.3 is 0 Å². The quantitative estimate of drug-likeness (QED) is 0.220. The first-order chi connectivity index (χ1) is 13.9. The number of hydrogen-bond acceptors (Lipinski definition) is 0. The predicted octanol–water partition coefficient (Wildman–Crippen LogP) is 7.21. The Labute approximate surface area is 164 Å². The van der Waals surface area contributed by atoms with Crippen LogP contribution in [0.15, 0.2) is 103 Å². The second-order valence-electron chi connectivity index (χ2n) is 6.90. The van der Waals surface area contributed by atoms with Crippen LogP contribution >= 0.6 is 0 Å². The van der Waals surface area contributed by atoms with Crippen LogP contribution in [0, 0.1) is 11.8 Å². The average Bonchev–Trinajstić information content (AvgIpc) is 2.77. The van der Waals surface area contributed by atoms with Gasteiger partial charge in [0.1, 0.15) is 0 Å². The molecule has 0 saturated heterocycles. The van der Waals surface area contributed by atoms with Gasteiger partial charge in [-0.2, -0.15) is 0 Å². The van der Waals surface area contributed by atoms with Gasteiger partial charge in [-0.3, -0.25) is 0 Å². The molecule has 5 rings (SSSR count). The lowest BCUT2D eigenvalue weighted by molar-refractivity contribution is 1.65. The van der Waals surface area contributed by atoms with Crippen molar-refractivity contribution in [2.24, 2.45) is 0 Å². The van der Waals surface area contributed by atoms with Crippen LogP contribution in [-0.4, -0.2) is 0 Å². The lowest BCUT2D eigenvalue weighted by atomic mass is 9.95. The second kappa shape index (κ2) is 7.06. The maximum atomic E-state index is 3.17. The molecule has 28 heavy (non-hydrogen) atoms. The van der Waals surface area contributed by atoms with Crippen LogP contribution < -0.4 is 0 Å². The normalized spacial score (nSPS) is 11.1. The van der Waals surface area contributed by atoms with Crippen molar-refractivity contribution < 1.29 is 0 Å². The van der Waals surface area contributed by atoms with E-state index >= 15 is 0 Å². The largest absolute Gasteiger partial charge is 0.0696 e. The van der Waals surface area contributed by atoms with E-state index in [0.29, 0.717) is 0 Å². The van der Waals surface area contributed by atoms with E-state index in [-0.39, 0.29) is 0 Å². The molecule has 0 aromatic heterocycles. The summed E-state index contributed by atoms with van der Waals surface area (Å²) >= 11 is 0. The predicted molar refractivity (Wildman–Crippen MR) is 121 cm³/mol. The van der Waals surface area contributed by atoms with Gasteiger partial charge in [-0.1, -0.05) is 90.7 Å². The van der Waals surface area contributed by atoms with Crippen molar-refractivity contribution in [1.29, 1.82) is 0 Å². The highest BCUT2D eigenvalue weighted by Crippen LogP contribution is 2.32. The van der Waals surface area contributed by atoms with Crippen molar-refractivity contribution in [1.82, 2.24) is 0 Å². The van der Waals surface area contributed by atoms with Crippen LogP contribution in [0.1, 0.15) is 11.1 Å². The van der Waals surface area contributed by atoms with Crippen molar-refractivity contribution >= 4 is 38.4 Å². The Bertz CT molecular complexity index is 1390. The third-order valence-electron chi connectivity index (χ3n) is 5.10. The van der Waals surface area contributed by atoms with Crippen LogP contribution in [0.25, 0.3) is 38.4 Å². The molecule has 0 saturated carbocycles. The van der Waals surface area contributed by atoms with Crippen LogP contribution in [0.2, 0.25) is 0 Å². The molecule has 0 aliphatic rings. The summed E-state index contributed by atoms with van der Waals surface area (Å²) in [6.45, 7) is 0. The summed E-state index contributed by atoms with van der Waals surface area (Å²) in [6, 6.07) is 34.1. The van der Waals surface area contributed by atoms with Gasteiger partial charge in [0.05, 0.1) is 0 Å². The molecule has 0 N–H and O–H groups in total. The molecule has 0 spiro atoms. The highest BCUT2D eigenvalue weighted by molar-refractivity contribution is 6.20. The van der Waals surface area contributed by atoms with Gasteiger partial charge in [0, 0.05) is 5.56 Å². The van der Waals surface area contributed by atoms with E-state index in [4.69, 9.17) is 0 Å². The summed E-state index contributed by atoms with van der Waals surface area (Å²) in [4.78, 5) is 0. The van der Waals surface area contributed by atoms with E-state index in [1.807, 2.05) is 36.4 Å². The zero-order chi connectivity index (χ0) is 18.8. The molecule has 0 aliphatic heterocycles.